The van der Waals surface area contributed by atoms with Gasteiger partial charge in [-0.15, -0.1) is 0 Å². The molecular formula is C10H20N2O4S. The van der Waals surface area contributed by atoms with Crippen LogP contribution in [0, 0.1) is 5.92 Å². The van der Waals surface area contributed by atoms with Crippen molar-refractivity contribution in [1.82, 2.24) is 10.6 Å². The minimum atomic E-state index is -2.86. The Morgan fingerprint density at radius 3 is 2.76 bits per heavy atom. The second-order valence-electron chi connectivity index (χ2n) is 4.25. The molecule has 1 fully saturated rings. The molecule has 1 rings (SSSR count). The molecule has 1 heterocycles. The number of carbonyl (C=O) groups excluding carboxylic acids is 1. The maximum Gasteiger partial charge on any atom is 0.314 e. The van der Waals surface area contributed by atoms with E-state index in [0.29, 0.717) is 26.1 Å². The first-order valence-electron chi connectivity index (χ1n) is 5.74. The molecule has 100 valence electrons. The zero-order valence-electron chi connectivity index (χ0n) is 10.1. The first-order chi connectivity index (χ1) is 8.03. The van der Waals surface area contributed by atoms with Gasteiger partial charge in [0.15, 0.2) is 9.84 Å². The van der Waals surface area contributed by atoms with Crippen LogP contribution in [-0.4, -0.2) is 52.8 Å². The van der Waals surface area contributed by atoms with Crippen LogP contribution in [0.15, 0.2) is 0 Å². The molecule has 2 amide bonds. The normalized spacial score (nSPS) is 22.3. The van der Waals surface area contributed by atoms with Crippen LogP contribution in [0.4, 0.5) is 4.79 Å². The van der Waals surface area contributed by atoms with Crippen LogP contribution >= 0.6 is 0 Å². The summed E-state index contributed by atoms with van der Waals surface area (Å²) in [6.07, 6.45) is 1.41. The monoisotopic (exact) mass is 264 g/mol. The van der Waals surface area contributed by atoms with Crippen molar-refractivity contribution in [3.63, 3.8) is 0 Å². The number of urea groups is 1. The Morgan fingerprint density at radius 2 is 2.18 bits per heavy atom. The number of rotatable bonds is 6. The molecule has 7 heteroatoms. The summed E-state index contributed by atoms with van der Waals surface area (Å²) < 4.78 is 27.2. The van der Waals surface area contributed by atoms with Gasteiger partial charge in [-0.3, -0.25) is 0 Å². The minimum Gasteiger partial charge on any atom is -0.385 e. The molecule has 2 N–H and O–H groups in total. The lowest BCUT2D eigenvalue weighted by molar-refractivity contribution is 0.193. The van der Waals surface area contributed by atoms with Gasteiger partial charge in [0.25, 0.3) is 0 Å². The van der Waals surface area contributed by atoms with E-state index in [-0.39, 0.29) is 23.5 Å². The van der Waals surface area contributed by atoms with Crippen LogP contribution < -0.4 is 10.6 Å². The van der Waals surface area contributed by atoms with Crippen LogP contribution in [0.1, 0.15) is 12.8 Å². The van der Waals surface area contributed by atoms with Gasteiger partial charge in [-0.1, -0.05) is 0 Å². The Hall–Kier alpha value is -0.820. The van der Waals surface area contributed by atoms with E-state index in [2.05, 4.69) is 10.6 Å². The molecule has 1 aliphatic heterocycles. The lowest BCUT2D eigenvalue weighted by atomic mass is 10.1. The minimum absolute atomic E-state index is 0.0599. The number of hydrogen-bond donors (Lipinski definition) is 2. The summed E-state index contributed by atoms with van der Waals surface area (Å²) >= 11 is 0. The summed E-state index contributed by atoms with van der Waals surface area (Å²) in [5.41, 5.74) is 0. The second kappa shape index (κ2) is 6.80. The van der Waals surface area contributed by atoms with Gasteiger partial charge in [0, 0.05) is 26.8 Å². The third-order valence-electron chi connectivity index (χ3n) is 2.69. The van der Waals surface area contributed by atoms with Crippen molar-refractivity contribution >= 4 is 15.9 Å². The zero-order chi connectivity index (χ0) is 12.7. The van der Waals surface area contributed by atoms with Gasteiger partial charge in [-0.2, -0.15) is 0 Å². The molecule has 1 aliphatic rings. The highest BCUT2D eigenvalue weighted by Crippen LogP contribution is 2.17. The molecule has 0 aliphatic carbocycles. The van der Waals surface area contributed by atoms with Crippen molar-refractivity contribution in [3.05, 3.63) is 0 Å². The lowest BCUT2D eigenvalue weighted by Crippen LogP contribution is -2.39. The third kappa shape index (κ3) is 5.88. The van der Waals surface area contributed by atoms with Gasteiger partial charge in [0.2, 0.25) is 0 Å². The molecule has 0 bridgehead atoms. The fourth-order valence-electron chi connectivity index (χ4n) is 1.75. The van der Waals surface area contributed by atoms with Crippen LogP contribution in [-0.2, 0) is 14.6 Å². The van der Waals surface area contributed by atoms with Gasteiger partial charge in [0.1, 0.15) is 0 Å². The standard InChI is InChI=1S/C10H20N2O4S/c1-16-5-2-4-11-10(13)12-7-9-3-6-17(14,15)8-9/h9H,2-8H2,1H3,(H2,11,12,13). The molecule has 0 spiro atoms. The molecule has 0 saturated carbocycles. The first-order valence-corrected chi connectivity index (χ1v) is 7.56. The van der Waals surface area contributed by atoms with Crippen molar-refractivity contribution in [2.75, 3.05) is 38.3 Å². The maximum absolute atomic E-state index is 11.3. The highest BCUT2D eigenvalue weighted by atomic mass is 32.2. The Balaban J connectivity index is 2.08. The van der Waals surface area contributed by atoms with Gasteiger partial charge in [-0.05, 0) is 18.8 Å². The Kier molecular flexibility index (Phi) is 5.70. The molecule has 17 heavy (non-hydrogen) atoms. The summed E-state index contributed by atoms with van der Waals surface area (Å²) in [4.78, 5) is 11.3. The quantitative estimate of drug-likeness (QED) is 0.648. The number of sulfone groups is 1. The Labute approximate surface area is 102 Å². The molecule has 0 aromatic carbocycles. The predicted octanol–water partition coefficient (Wildman–Crippen LogP) is -0.243. The van der Waals surface area contributed by atoms with E-state index in [9.17, 15) is 13.2 Å². The van der Waals surface area contributed by atoms with Gasteiger partial charge < -0.3 is 15.4 Å². The van der Waals surface area contributed by atoms with E-state index in [1.807, 2.05) is 0 Å². The average molecular weight is 264 g/mol. The smallest absolute Gasteiger partial charge is 0.314 e. The summed E-state index contributed by atoms with van der Waals surface area (Å²) in [6, 6.07) is -0.245. The van der Waals surface area contributed by atoms with Crippen LogP contribution in [0.2, 0.25) is 0 Å². The predicted molar refractivity (Wildman–Crippen MR) is 64.7 cm³/mol. The summed E-state index contributed by atoms with van der Waals surface area (Å²) in [7, 11) is -1.24. The second-order valence-corrected chi connectivity index (χ2v) is 6.48. The van der Waals surface area contributed by atoms with Crippen molar-refractivity contribution in [2.45, 2.75) is 12.8 Å². The van der Waals surface area contributed by atoms with E-state index in [1.165, 1.54) is 0 Å². The van der Waals surface area contributed by atoms with Crippen LogP contribution in [0.25, 0.3) is 0 Å². The first kappa shape index (κ1) is 14.2. The molecule has 1 saturated heterocycles. The largest absolute Gasteiger partial charge is 0.385 e. The van der Waals surface area contributed by atoms with E-state index in [4.69, 9.17) is 4.74 Å². The highest BCUT2D eigenvalue weighted by Gasteiger charge is 2.27. The topological polar surface area (TPSA) is 84.5 Å². The van der Waals surface area contributed by atoms with Crippen molar-refractivity contribution in [1.29, 1.82) is 0 Å². The molecule has 0 aromatic rings. The van der Waals surface area contributed by atoms with Gasteiger partial charge >= 0.3 is 6.03 Å². The van der Waals surface area contributed by atoms with Crippen molar-refractivity contribution in [2.24, 2.45) is 5.92 Å². The number of amides is 2. The summed E-state index contributed by atoms with van der Waals surface area (Å²) in [5.74, 6) is 0.496. The van der Waals surface area contributed by atoms with E-state index < -0.39 is 9.84 Å². The fourth-order valence-corrected chi connectivity index (χ4v) is 3.61. The fraction of sp³-hybridized carbons (Fsp3) is 0.900. The zero-order valence-corrected chi connectivity index (χ0v) is 10.9. The average Bonchev–Trinajstić information content (AvgIpc) is 2.62. The van der Waals surface area contributed by atoms with Crippen LogP contribution in [0.3, 0.4) is 0 Å². The van der Waals surface area contributed by atoms with Crippen molar-refractivity contribution < 1.29 is 17.9 Å². The molecule has 1 unspecified atom stereocenters. The van der Waals surface area contributed by atoms with E-state index in [1.54, 1.807) is 7.11 Å². The van der Waals surface area contributed by atoms with Gasteiger partial charge in [-0.25, -0.2) is 13.2 Å². The number of nitrogens with one attached hydrogen (secondary N) is 2. The van der Waals surface area contributed by atoms with E-state index >= 15 is 0 Å². The molecule has 6 nitrogen and oxygen atoms in total. The molecular weight excluding hydrogens is 244 g/mol. The van der Waals surface area contributed by atoms with Crippen molar-refractivity contribution in [3.8, 4) is 0 Å². The molecule has 1 atom stereocenters. The SMILES string of the molecule is COCCCNC(=O)NCC1CCS(=O)(=O)C1. The lowest BCUT2D eigenvalue weighted by Gasteiger charge is -2.10. The Bertz CT molecular complexity index is 342. The van der Waals surface area contributed by atoms with Gasteiger partial charge in [0.05, 0.1) is 11.5 Å². The highest BCUT2D eigenvalue weighted by molar-refractivity contribution is 7.91. The number of carbonyl (C=O) groups is 1. The Morgan fingerprint density at radius 1 is 1.41 bits per heavy atom. The number of hydrogen-bond acceptors (Lipinski definition) is 4. The van der Waals surface area contributed by atoms with Crippen LogP contribution in [0.5, 0.6) is 0 Å². The molecule has 0 aromatic heterocycles. The third-order valence-corrected chi connectivity index (χ3v) is 4.53. The van der Waals surface area contributed by atoms with E-state index in [0.717, 1.165) is 6.42 Å². The summed E-state index contributed by atoms with van der Waals surface area (Å²) in [5, 5.41) is 5.37. The maximum atomic E-state index is 11.3. The number of ether oxygens (including phenoxy) is 1. The summed E-state index contributed by atoms with van der Waals surface area (Å²) in [6.45, 7) is 1.60. The number of methoxy groups -OCH3 is 1. The molecule has 0 radical (unpaired) electrons.